The SMILES string of the molecule is Cc1cc(C)c2c(c1)NC(=O)[C@@]2(O)CC(=O)c1cccs1. The molecule has 2 N–H and O–H groups in total. The number of thiophene rings is 1. The van der Waals surface area contributed by atoms with E-state index in [9.17, 15) is 14.7 Å². The highest BCUT2D eigenvalue weighted by molar-refractivity contribution is 7.12. The molecule has 21 heavy (non-hydrogen) atoms. The second kappa shape index (κ2) is 4.79. The van der Waals surface area contributed by atoms with Crippen LogP contribution < -0.4 is 5.32 Å². The van der Waals surface area contributed by atoms with Gasteiger partial charge in [-0.1, -0.05) is 12.1 Å². The van der Waals surface area contributed by atoms with Crippen molar-refractivity contribution in [3.05, 3.63) is 51.2 Å². The second-order valence-corrected chi connectivity index (χ2v) is 6.34. The maximum absolute atomic E-state index is 12.3. The Balaban J connectivity index is 2.03. The molecule has 1 aliphatic heterocycles. The van der Waals surface area contributed by atoms with Gasteiger partial charge in [-0.05, 0) is 42.5 Å². The molecule has 0 bridgehead atoms. The summed E-state index contributed by atoms with van der Waals surface area (Å²) in [5, 5.41) is 15.3. The van der Waals surface area contributed by atoms with Crippen molar-refractivity contribution in [1.29, 1.82) is 0 Å². The summed E-state index contributed by atoms with van der Waals surface area (Å²) in [5.41, 5.74) is 1.14. The van der Waals surface area contributed by atoms with E-state index in [0.29, 0.717) is 16.1 Å². The number of carbonyl (C=O) groups is 2. The van der Waals surface area contributed by atoms with Gasteiger partial charge < -0.3 is 10.4 Å². The Kier molecular flexibility index (Phi) is 3.19. The number of ketones is 1. The second-order valence-electron chi connectivity index (χ2n) is 5.40. The number of aryl methyl sites for hydroxylation is 2. The monoisotopic (exact) mass is 301 g/mol. The highest BCUT2D eigenvalue weighted by atomic mass is 32.1. The zero-order chi connectivity index (χ0) is 15.2. The van der Waals surface area contributed by atoms with Crippen LogP contribution in [0.1, 0.15) is 32.8 Å². The number of Topliss-reactive ketones (excluding diaryl/α,β-unsaturated/α-hetero) is 1. The Morgan fingerprint density at radius 2 is 2.14 bits per heavy atom. The van der Waals surface area contributed by atoms with Gasteiger partial charge in [0, 0.05) is 11.3 Å². The third kappa shape index (κ3) is 2.18. The first kappa shape index (κ1) is 14.0. The molecule has 1 aromatic carbocycles. The molecule has 108 valence electrons. The fourth-order valence-electron chi connectivity index (χ4n) is 2.88. The molecule has 0 saturated carbocycles. The third-order valence-corrected chi connectivity index (χ3v) is 4.64. The van der Waals surface area contributed by atoms with E-state index in [2.05, 4.69) is 5.32 Å². The van der Waals surface area contributed by atoms with E-state index < -0.39 is 11.5 Å². The predicted molar refractivity (Wildman–Crippen MR) is 81.7 cm³/mol. The topological polar surface area (TPSA) is 66.4 Å². The molecule has 0 fully saturated rings. The van der Waals surface area contributed by atoms with Crippen LogP contribution in [-0.4, -0.2) is 16.8 Å². The average Bonchev–Trinajstić information content (AvgIpc) is 2.97. The van der Waals surface area contributed by atoms with Gasteiger partial charge in [-0.2, -0.15) is 0 Å². The predicted octanol–water partition coefficient (Wildman–Crippen LogP) is 2.78. The number of anilines is 1. The Morgan fingerprint density at radius 3 is 2.81 bits per heavy atom. The van der Waals surface area contributed by atoms with Crippen molar-refractivity contribution in [2.45, 2.75) is 25.9 Å². The average molecular weight is 301 g/mol. The summed E-state index contributed by atoms with van der Waals surface area (Å²) in [6, 6.07) is 7.19. The lowest BCUT2D eigenvalue weighted by Gasteiger charge is -2.21. The Morgan fingerprint density at radius 1 is 1.38 bits per heavy atom. The number of fused-ring (bicyclic) bond motifs is 1. The number of carbonyl (C=O) groups excluding carboxylic acids is 2. The van der Waals surface area contributed by atoms with E-state index in [4.69, 9.17) is 0 Å². The van der Waals surface area contributed by atoms with Crippen LogP contribution in [0.15, 0.2) is 29.6 Å². The maximum atomic E-state index is 12.3. The molecule has 1 aromatic heterocycles. The van der Waals surface area contributed by atoms with Gasteiger partial charge in [-0.3, -0.25) is 9.59 Å². The summed E-state index contributed by atoms with van der Waals surface area (Å²) in [4.78, 5) is 25.0. The molecule has 2 heterocycles. The van der Waals surface area contributed by atoms with Gasteiger partial charge >= 0.3 is 0 Å². The summed E-state index contributed by atoms with van der Waals surface area (Å²) in [6.45, 7) is 3.76. The minimum Gasteiger partial charge on any atom is -0.375 e. The van der Waals surface area contributed by atoms with E-state index in [1.807, 2.05) is 26.0 Å². The number of benzene rings is 1. The van der Waals surface area contributed by atoms with Crippen LogP contribution in [0.3, 0.4) is 0 Å². The number of hydrogen-bond donors (Lipinski definition) is 2. The largest absolute Gasteiger partial charge is 0.375 e. The molecule has 0 saturated heterocycles. The van der Waals surface area contributed by atoms with Gasteiger partial charge in [0.25, 0.3) is 5.91 Å². The van der Waals surface area contributed by atoms with Crippen LogP contribution in [0.25, 0.3) is 0 Å². The number of aliphatic hydroxyl groups is 1. The fourth-order valence-corrected chi connectivity index (χ4v) is 3.54. The summed E-state index contributed by atoms with van der Waals surface area (Å²) in [5.74, 6) is -0.758. The minimum absolute atomic E-state index is 0.226. The first-order valence-corrected chi connectivity index (χ1v) is 7.52. The highest BCUT2D eigenvalue weighted by Gasteiger charge is 2.47. The van der Waals surface area contributed by atoms with Crippen molar-refractivity contribution in [3.8, 4) is 0 Å². The fraction of sp³-hybridized carbons (Fsp3) is 0.250. The molecule has 5 heteroatoms. The van der Waals surface area contributed by atoms with Crippen LogP contribution in [0.4, 0.5) is 5.69 Å². The van der Waals surface area contributed by atoms with E-state index in [0.717, 1.165) is 11.1 Å². The maximum Gasteiger partial charge on any atom is 0.261 e. The van der Waals surface area contributed by atoms with Crippen molar-refractivity contribution >= 4 is 28.7 Å². The third-order valence-electron chi connectivity index (χ3n) is 3.73. The van der Waals surface area contributed by atoms with Gasteiger partial charge in [-0.25, -0.2) is 0 Å². The molecule has 1 atom stereocenters. The normalized spacial score (nSPS) is 20.2. The molecule has 0 unspecified atom stereocenters. The molecule has 2 aromatic rings. The van der Waals surface area contributed by atoms with E-state index >= 15 is 0 Å². The molecule has 1 aliphatic rings. The van der Waals surface area contributed by atoms with Gasteiger partial charge in [-0.15, -0.1) is 11.3 Å². The van der Waals surface area contributed by atoms with Crippen molar-refractivity contribution in [3.63, 3.8) is 0 Å². The lowest BCUT2D eigenvalue weighted by molar-refractivity contribution is -0.133. The molecule has 4 nitrogen and oxygen atoms in total. The molecular formula is C16H15NO3S. The Labute approximate surface area is 126 Å². The number of rotatable bonds is 3. The Bertz CT molecular complexity index is 736. The van der Waals surface area contributed by atoms with E-state index in [-0.39, 0.29) is 12.2 Å². The molecule has 1 amide bonds. The molecule has 0 radical (unpaired) electrons. The lowest BCUT2D eigenvalue weighted by atomic mass is 9.86. The van der Waals surface area contributed by atoms with Crippen LogP contribution in [0, 0.1) is 13.8 Å². The number of hydrogen-bond acceptors (Lipinski definition) is 4. The highest BCUT2D eigenvalue weighted by Crippen LogP contribution is 2.41. The van der Waals surface area contributed by atoms with E-state index in [1.165, 1.54) is 11.3 Å². The number of nitrogens with one attached hydrogen (secondary N) is 1. The molecular weight excluding hydrogens is 286 g/mol. The molecule has 0 aliphatic carbocycles. The zero-order valence-electron chi connectivity index (χ0n) is 11.8. The van der Waals surface area contributed by atoms with Crippen molar-refractivity contribution < 1.29 is 14.7 Å². The summed E-state index contributed by atoms with van der Waals surface area (Å²) in [7, 11) is 0. The summed E-state index contributed by atoms with van der Waals surface area (Å²) in [6.07, 6.45) is -0.240. The van der Waals surface area contributed by atoms with Gasteiger partial charge in [0.05, 0.1) is 11.3 Å². The lowest BCUT2D eigenvalue weighted by Crippen LogP contribution is -2.36. The quantitative estimate of drug-likeness (QED) is 0.857. The van der Waals surface area contributed by atoms with Gasteiger partial charge in [0.15, 0.2) is 11.4 Å². The van der Waals surface area contributed by atoms with Crippen molar-refractivity contribution in [2.75, 3.05) is 5.32 Å². The molecule has 0 spiro atoms. The van der Waals surface area contributed by atoms with E-state index in [1.54, 1.807) is 17.5 Å². The number of amides is 1. The minimum atomic E-state index is -1.78. The van der Waals surface area contributed by atoms with Gasteiger partial charge in [0.2, 0.25) is 0 Å². The zero-order valence-corrected chi connectivity index (χ0v) is 12.6. The molecule has 3 rings (SSSR count). The first-order chi connectivity index (χ1) is 9.91. The van der Waals surface area contributed by atoms with Crippen LogP contribution in [0.2, 0.25) is 0 Å². The van der Waals surface area contributed by atoms with Crippen molar-refractivity contribution in [1.82, 2.24) is 0 Å². The van der Waals surface area contributed by atoms with Crippen LogP contribution in [0.5, 0.6) is 0 Å². The standard InChI is InChI=1S/C16H15NO3S/c1-9-6-10(2)14-11(7-9)17-15(19)16(14,20)8-12(18)13-4-3-5-21-13/h3-7,20H,8H2,1-2H3,(H,17,19)/t16-/m1/s1. The summed E-state index contributed by atoms with van der Waals surface area (Å²) < 4.78 is 0. The smallest absolute Gasteiger partial charge is 0.261 e. The summed E-state index contributed by atoms with van der Waals surface area (Å²) >= 11 is 1.31. The van der Waals surface area contributed by atoms with Gasteiger partial charge in [0.1, 0.15) is 0 Å². The Hall–Kier alpha value is -1.98. The van der Waals surface area contributed by atoms with Crippen molar-refractivity contribution in [2.24, 2.45) is 0 Å². The van der Waals surface area contributed by atoms with Crippen LogP contribution in [-0.2, 0) is 10.4 Å². The first-order valence-electron chi connectivity index (χ1n) is 6.64. The van der Waals surface area contributed by atoms with Crippen LogP contribution >= 0.6 is 11.3 Å².